The lowest BCUT2D eigenvalue weighted by molar-refractivity contribution is -0.137. The summed E-state index contributed by atoms with van der Waals surface area (Å²) in [6.45, 7) is 2.28. The fourth-order valence-electron chi connectivity index (χ4n) is 1.90. The molecule has 0 radical (unpaired) electrons. The molecule has 1 aromatic rings. The second-order valence-electron chi connectivity index (χ2n) is 4.87. The van der Waals surface area contributed by atoms with Crippen molar-refractivity contribution in [2.45, 2.75) is 32.2 Å². The lowest BCUT2D eigenvalue weighted by atomic mass is 9.94. The molecule has 1 aromatic carbocycles. The Kier molecular flexibility index (Phi) is 6.73. The number of hydrogen-bond donors (Lipinski definition) is 3. The monoisotopic (exact) mass is 278 g/mol. The van der Waals surface area contributed by atoms with E-state index in [1.807, 2.05) is 30.3 Å². The molecule has 2 atom stereocenters. The van der Waals surface area contributed by atoms with Crippen LogP contribution in [0.2, 0.25) is 0 Å². The third kappa shape index (κ3) is 5.40. The summed E-state index contributed by atoms with van der Waals surface area (Å²) in [6.07, 6.45) is 1.36. The Labute approximate surface area is 119 Å². The fourth-order valence-corrected chi connectivity index (χ4v) is 1.90. The van der Waals surface area contributed by atoms with Gasteiger partial charge in [-0.2, -0.15) is 0 Å². The van der Waals surface area contributed by atoms with Gasteiger partial charge >= 0.3 is 5.97 Å². The van der Waals surface area contributed by atoms with Gasteiger partial charge in [-0.3, -0.25) is 9.59 Å². The van der Waals surface area contributed by atoms with Crippen LogP contribution in [-0.2, 0) is 9.59 Å². The molecule has 5 nitrogen and oxygen atoms in total. The molecule has 0 saturated carbocycles. The van der Waals surface area contributed by atoms with Crippen LogP contribution < -0.4 is 11.1 Å². The summed E-state index contributed by atoms with van der Waals surface area (Å²) in [7, 11) is 0. The van der Waals surface area contributed by atoms with Crippen LogP contribution in [0, 0.1) is 5.92 Å². The SMILES string of the molecule is CC(C(=O)NCCCCC(=O)O)C(N)c1ccccc1. The quantitative estimate of drug-likeness (QED) is 0.631. The molecular weight excluding hydrogens is 256 g/mol. The number of aliphatic carboxylic acids is 1. The van der Waals surface area contributed by atoms with E-state index >= 15 is 0 Å². The highest BCUT2D eigenvalue weighted by atomic mass is 16.4. The van der Waals surface area contributed by atoms with Crippen LogP contribution in [-0.4, -0.2) is 23.5 Å². The number of amides is 1. The van der Waals surface area contributed by atoms with Crippen molar-refractivity contribution in [1.82, 2.24) is 5.32 Å². The van der Waals surface area contributed by atoms with Crippen LogP contribution in [0.5, 0.6) is 0 Å². The van der Waals surface area contributed by atoms with Gasteiger partial charge in [0.25, 0.3) is 0 Å². The van der Waals surface area contributed by atoms with Gasteiger partial charge in [-0.15, -0.1) is 0 Å². The Morgan fingerprint density at radius 3 is 2.50 bits per heavy atom. The van der Waals surface area contributed by atoms with Gasteiger partial charge in [0.2, 0.25) is 5.91 Å². The van der Waals surface area contributed by atoms with Crippen molar-refractivity contribution in [3.8, 4) is 0 Å². The summed E-state index contributed by atoms with van der Waals surface area (Å²) < 4.78 is 0. The van der Waals surface area contributed by atoms with E-state index in [2.05, 4.69) is 5.32 Å². The molecule has 0 saturated heterocycles. The van der Waals surface area contributed by atoms with Crippen LogP contribution >= 0.6 is 0 Å². The number of carbonyl (C=O) groups is 2. The second kappa shape index (κ2) is 8.32. The molecule has 0 aliphatic carbocycles. The molecule has 1 amide bonds. The molecule has 0 aliphatic rings. The number of carboxylic acid groups (broad SMARTS) is 1. The summed E-state index contributed by atoms with van der Waals surface area (Å²) in [4.78, 5) is 22.3. The molecule has 0 fully saturated rings. The topological polar surface area (TPSA) is 92.4 Å². The maximum atomic E-state index is 11.9. The number of benzene rings is 1. The summed E-state index contributed by atoms with van der Waals surface area (Å²) in [5.41, 5.74) is 7.00. The van der Waals surface area contributed by atoms with Gasteiger partial charge < -0.3 is 16.2 Å². The van der Waals surface area contributed by atoms with Crippen LogP contribution in [0.15, 0.2) is 30.3 Å². The van der Waals surface area contributed by atoms with E-state index in [0.717, 1.165) is 5.56 Å². The molecule has 0 bridgehead atoms. The van der Waals surface area contributed by atoms with Crippen LogP contribution in [0.25, 0.3) is 0 Å². The van der Waals surface area contributed by atoms with Gasteiger partial charge in [0.05, 0.1) is 5.92 Å². The number of carboxylic acids is 1. The smallest absolute Gasteiger partial charge is 0.303 e. The predicted molar refractivity (Wildman–Crippen MR) is 77.0 cm³/mol. The molecule has 0 heterocycles. The predicted octanol–water partition coefficient (Wildman–Crippen LogP) is 1.69. The van der Waals surface area contributed by atoms with Crippen molar-refractivity contribution in [2.24, 2.45) is 11.7 Å². The zero-order valence-electron chi connectivity index (χ0n) is 11.7. The van der Waals surface area contributed by atoms with Crippen molar-refractivity contribution in [2.75, 3.05) is 6.54 Å². The van der Waals surface area contributed by atoms with Gasteiger partial charge in [-0.05, 0) is 18.4 Å². The first kappa shape index (κ1) is 16.2. The molecule has 5 heteroatoms. The third-order valence-corrected chi connectivity index (χ3v) is 3.25. The highest BCUT2D eigenvalue weighted by Gasteiger charge is 2.21. The molecule has 0 aromatic heterocycles. The first-order chi connectivity index (χ1) is 9.52. The van der Waals surface area contributed by atoms with Crippen LogP contribution in [0.1, 0.15) is 37.8 Å². The summed E-state index contributed by atoms with van der Waals surface area (Å²) in [5.74, 6) is -1.23. The number of carbonyl (C=O) groups excluding carboxylic acids is 1. The fraction of sp³-hybridized carbons (Fsp3) is 0.467. The number of nitrogens with one attached hydrogen (secondary N) is 1. The Balaban J connectivity index is 2.34. The Morgan fingerprint density at radius 2 is 1.90 bits per heavy atom. The molecule has 0 spiro atoms. The van der Waals surface area contributed by atoms with E-state index in [9.17, 15) is 9.59 Å². The van der Waals surface area contributed by atoms with Crippen molar-refractivity contribution in [3.05, 3.63) is 35.9 Å². The summed E-state index contributed by atoms with van der Waals surface area (Å²) in [6, 6.07) is 9.17. The minimum Gasteiger partial charge on any atom is -0.481 e. The molecule has 20 heavy (non-hydrogen) atoms. The van der Waals surface area contributed by atoms with Gasteiger partial charge in [-0.25, -0.2) is 0 Å². The lowest BCUT2D eigenvalue weighted by Crippen LogP contribution is -2.36. The van der Waals surface area contributed by atoms with E-state index < -0.39 is 5.97 Å². The van der Waals surface area contributed by atoms with Gasteiger partial charge in [0.1, 0.15) is 0 Å². The lowest BCUT2D eigenvalue weighted by Gasteiger charge is -2.19. The van der Waals surface area contributed by atoms with Crippen molar-refractivity contribution in [3.63, 3.8) is 0 Å². The third-order valence-electron chi connectivity index (χ3n) is 3.25. The van der Waals surface area contributed by atoms with E-state index in [1.165, 1.54) is 0 Å². The largest absolute Gasteiger partial charge is 0.481 e. The average Bonchev–Trinajstić information content (AvgIpc) is 2.45. The second-order valence-corrected chi connectivity index (χ2v) is 4.87. The molecule has 0 aliphatic heterocycles. The van der Waals surface area contributed by atoms with Crippen molar-refractivity contribution in [1.29, 1.82) is 0 Å². The first-order valence-corrected chi connectivity index (χ1v) is 6.82. The number of rotatable bonds is 8. The Morgan fingerprint density at radius 1 is 1.25 bits per heavy atom. The zero-order valence-corrected chi connectivity index (χ0v) is 11.7. The normalized spacial score (nSPS) is 13.5. The number of nitrogens with two attached hydrogens (primary N) is 1. The maximum absolute atomic E-state index is 11.9. The number of hydrogen-bond acceptors (Lipinski definition) is 3. The van der Waals surface area contributed by atoms with E-state index in [-0.39, 0.29) is 24.3 Å². The molecular formula is C15H22N2O3. The molecule has 1 rings (SSSR count). The van der Waals surface area contributed by atoms with E-state index in [4.69, 9.17) is 10.8 Å². The van der Waals surface area contributed by atoms with Gasteiger partial charge in [0, 0.05) is 19.0 Å². The Bertz CT molecular complexity index is 434. The van der Waals surface area contributed by atoms with Crippen molar-refractivity contribution < 1.29 is 14.7 Å². The zero-order chi connectivity index (χ0) is 15.0. The molecule has 4 N–H and O–H groups in total. The average molecular weight is 278 g/mol. The number of unbranched alkanes of at least 4 members (excludes halogenated alkanes) is 1. The minimum absolute atomic E-state index is 0.100. The standard InChI is InChI=1S/C15H22N2O3/c1-11(14(16)12-7-3-2-4-8-12)15(20)17-10-6-5-9-13(18)19/h2-4,7-8,11,14H,5-6,9-10,16H2,1H3,(H,17,20)(H,18,19). The molecule has 110 valence electrons. The van der Waals surface area contributed by atoms with Crippen LogP contribution in [0.4, 0.5) is 0 Å². The Hall–Kier alpha value is -1.88. The minimum atomic E-state index is -0.809. The van der Waals surface area contributed by atoms with Crippen LogP contribution in [0.3, 0.4) is 0 Å². The highest BCUT2D eigenvalue weighted by molar-refractivity contribution is 5.79. The van der Waals surface area contributed by atoms with Gasteiger partial charge in [-0.1, -0.05) is 37.3 Å². The van der Waals surface area contributed by atoms with E-state index in [1.54, 1.807) is 6.92 Å². The summed E-state index contributed by atoms with van der Waals surface area (Å²) in [5, 5.41) is 11.3. The van der Waals surface area contributed by atoms with Crippen molar-refractivity contribution >= 4 is 11.9 Å². The highest BCUT2D eigenvalue weighted by Crippen LogP contribution is 2.18. The van der Waals surface area contributed by atoms with E-state index in [0.29, 0.717) is 19.4 Å². The first-order valence-electron chi connectivity index (χ1n) is 6.82. The summed E-state index contributed by atoms with van der Waals surface area (Å²) >= 11 is 0. The van der Waals surface area contributed by atoms with Gasteiger partial charge in [0.15, 0.2) is 0 Å². The molecule has 2 unspecified atom stereocenters. The maximum Gasteiger partial charge on any atom is 0.303 e.